The van der Waals surface area contributed by atoms with E-state index in [1.165, 1.54) is 16.6 Å². The molecule has 0 amide bonds. The van der Waals surface area contributed by atoms with Gasteiger partial charge in [-0.2, -0.15) is 9.40 Å². The molecule has 2 rings (SSSR count). The molecule has 0 saturated heterocycles. The van der Waals surface area contributed by atoms with E-state index < -0.39 is 15.6 Å². The van der Waals surface area contributed by atoms with Crippen LogP contribution in [0.1, 0.15) is 38.5 Å². The van der Waals surface area contributed by atoms with Crippen LogP contribution in [0.4, 0.5) is 0 Å². The molecule has 0 radical (unpaired) electrons. The summed E-state index contributed by atoms with van der Waals surface area (Å²) in [5, 5.41) is 6.39. The van der Waals surface area contributed by atoms with Gasteiger partial charge in [0.05, 0.1) is 6.20 Å². The Hall–Kier alpha value is -0.920. The number of H-pyrrole nitrogens is 1. The fraction of sp³-hybridized carbons (Fsp3) is 0.750. The summed E-state index contributed by atoms with van der Waals surface area (Å²) in [4.78, 5) is 0. The minimum Gasteiger partial charge on any atom is -0.329 e. The van der Waals surface area contributed by atoms with Crippen molar-refractivity contribution in [1.29, 1.82) is 0 Å². The molecule has 6 nitrogen and oxygen atoms in total. The van der Waals surface area contributed by atoms with Crippen LogP contribution in [0.25, 0.3) is 0 Å². The van der Waals surface area contributed by atoms with Crippen LogP contribution in [0, 0.1) is 0 Å². The highest BCUT2D eigenvalue weighted by Gasteiger charge is 2.41. The molecule has 0 spiro atoms. The minimum absolute atomic E-state index is 0.132. The predicted octanol–water partition coefficient (Wildman–Crippen LogP) is 1.08. The zero-order valence-corrected chi connectivity index (χ0v) is 12.1. The van der Waals surface area contributed by atoms with Crippen molar-refractivity contribution >= 4 is 10.0 Å². The van der Waals surface area contributed by atoms with E-state index in [0.717, 1.165) is 38.5 Å². The molecule has 19 heavy (non-hydrogen) atoms. The third kappa shape index (κ3) is 2.68. The van der Waals surface area contributed by atoms with Gasteiger partial charge in [-0.25, -0.2) is 8.42 Å². The summed E-state index contributed by atoms with van der Waals surface area (Å²) < 4.78 is 26.6. The van der Waals surface area contributed by atoms with Crippen LogP contribution in [0.15, 0.2) is 17.3 Å². The monoisotopic (exact) mass is 286 g/mol. The number of aromatic nitrogens is 2. The fourth-order valence-corrected chi connectivity index (χ4v) is 4.29. The lowest BCUT2D eigenvalue weighted by atomic mass is 9.90. The lowest BCUT2D eigenvalue weighted by molar-refractivity contribution is 0.195. The first-order chi connectivity index (χ1) is 9.03. The van der Waals surface area contributed by atoms with E-state index in [1.54, 1.807) is 7.05 Å². The third-order valence-corrected chi connectivity index (χ3v) is 6.09. The smallest absolute Gasteiger partial charge is 0.260 e. The molecule has 0 atom stereocenters. The van der Waals surface area contributed by atoms with Gasteiger partial charge < -0.3 is 5.73 Å². The van der Waals surface area contributed by atoms with Crippen molar-refractivity contribution in [3.8, 4) is 0 Å². The van der Waals surface area contributed by atoms with Crippen LogP contribution in [0.5, 0.6) is 0 Å². The molecule has 108 valence electrons. The Bertz CT molecular complexity index is 490. The zero-order chi connectivity index (χ0) is 13.9. The lowest BCUT2D eigenvalue weighted by Crippen LogP contribution is -2.54. The Morgan fingerprint density at radius 2 is 2.00 bits per heavy atom. The molecule has 1 heterocycles. The molecule has 7 heteroatoms. The molecule has 0 aliphatic heterocycles. The average Bonchev–Trinajstić information content (AvgIpc) is 2.84. The summed E-state index contributed by atoms with van der Waals surface area (Å²) in [7, 11) is -1.91. The van der Waals surface area contributed by atoms with Gasteiger partial charge in [-0.15, -0.1) is 0 Å². The summed E-state index contributed by atoms with van der Waals surface area (Å²) in [5.41, 5.74) is 5.47. The van der Waals surface area contributed by atoms with Gasteiger partial charge in [-0.3, -0.25) is 5.10 Å². The summed E-state index contributed by atoms with van der Waals surface area (Å²) >= 11 is 0. The van der Waals surface area contributed by atoms with Crippen LogP contribution in [0.3, 0.4) is 0 Å². The van der Waals surface area contributed by atoms with E-state index in [1.807, 2.05) is 0 Å². The second-order valence-electron chi connectivity index (χ2n) is 5.24. The molecule has 1 saturated carbocycles. The maximum atomic E-state index is 12.6. The van der Waals surface area contributed by atoms with Crippen LogP contribution in [-0.2, 0) is 10.0 Å². The van der Waals surface area contributed by atoms with Crippen molar-refractivity contribution in [2.75, 3.05) is 13.6 Å². The number of aromatic amines is 1. The highest BCUT2D eigenvalue weighted by molar-refractivity contribution is 7.89. The topological polar surface area (TPSA) is 92.1 Å². The molecule has 1 aromatic heterocycles. The zero-order valence-electron chi connectivity index (χ0n) is 11.3. The van der Waals surface area contributed by atoms with Gasteiger partial charge in [-0.05, 0) is 18.9 Å². The van der Waals surface area contributed by atoms with Gasteiger partial charge in [0.2, 0.25) is 0 Å². The molecular formula is C12H22N4O2S. The third-order valence-electron chi connectivity index (χ3n) is 4.20. The standard InChI is InChI=1S/C12H22N4O2S/c1-16(19(17,18)11-6-9-14-15-11)12(10-13)7-4-2-3-5-8-12/h6,9H,2-5,7-8,10,13H2,1H3,(H,14,15). The van der Waals surface area contributed by atoms with Crippen LogP contribution in [0.2, 0.25) is 0 Å². The molecule has 3 N–H and O–H groups in total. The first kappa shape index (κ1) is 14.5. The van der Waals surface area contributed by atoms with E-state index >= 15 is 0 Å². The predicted molar refractivity (Wildman–Crippen MR) is 73.0 cm³/mol. The summed E-state index contributed by atoms with van der Waals surface area (Å²) in [6.45, 7) is 0.358. The molecule has 1 aromatic rings. The molecule has 0 unspecified atom stereocenters. The van der Waals surface area contributed by atoms with Gasteiger partial charge in [0.1, 0.15) is 0 Å². The number of nitrogens with one attached hydrogen (secondary N) is 1. The largest absolute Gasteiger partial charge is 0.329 e. The van der Waals surface area contributed by atoms with Gasteiger partial charge >= 0.3 is 0 Å². The van der Waals surface area contributed by atoms with E-state index in [4.69, 9.17) is 5.73 Å². The number of rotatable bonds is 4. The first-order valence-corrected chi connectivity index (χ1v) is 8.15. The average molecular weight is 286 g/mol. The summed E-state index contributed by atoms with van der Waals surface area (Å²) in [5.74, 6) is 0. The van der Waals surface area contributed by atoms with Crippen molar-refractivity contribution in [3.05, 3.63) is 12.3 Å². The van der Waals surface area contributed by atoms with Crippen LogP contribution >= 0.6 is 0 Å². The van der Waals surface area contributed by atoms with Crippen molar-refractivity contribution in [2.24, 2.45) is 5.73 Å². The molecular weight excluding hydrogens is 264 g/mol. The Morgan fingerprint density at radius 3 is 2.47 bits per heavy atom. The maximum Gasteiger partial charge on any atom is 0.260 e. The second kappa shape index (κ2) is 5.60. The Morgan fingerprint density at radius 1 is 1.37 bits per heavy atom. The number of nitrogens with two attached hydrogens (primary N) is 1. The van der Waals surface area contributed by atoms with Crippen molar-refractivity contribution in [2.45, 2.75) is 49.1 Å². The Kier molecular flexibility index (Phi) is 4.27. The van der Waals surface area contributed by atoms with E-state index in [9.17, 15) is 8.42 Å². The number of likely N-dealkylation sites (N-methyl/N-ethyl adjacent to an activating group) is 1. The number of hydrogen-bond donors (Lipinski definition) is 2. The van der Waals surface area contributed by atoms with Gasteiger partial charge in [-0.1, -0.05) is 25.7 Å². The Labute approximate surface area is 114 Å². The van der Waals surface area contributed by atoms with Crippen molar-refractivity contribution in [3.63, 3.8) is 0 Å². The number of nitrogens with zero attached hydrogens (tertiary/aromatic N) is 2. The first-order valence-electron chi connectivity index (χ1n) is 6.71. The van der Waals surface area contributed by atoms with Gasteiger partial charge in [0.25, 0.3) is 10.0 Å². The molecule has 1 fully saturated rings. The molecule has 1 aliphatic rings. The SMILES string of the molecule is CN(C1(CN)CCCCCC1)S(=O)(=O)c1ccn[nH]1. The minimum atomic E-state index is -3.55. The highest BCUT2D eigenvalue weighted by Crippen LogP contribution is 2.34. The van der Waals surface area contributed by atoms with E-state index in [2.05, 4.69) is 10.2 Å². The maximum absolute atomic E-state index is 12.6. The lowest BCUT2D eigenvalue weighted by Gasteiger charge is -2.39. The number of hydrogen-bond acceptors (Lipinski definition) is 4. The Balaban J connectivity index is 2.32. The number of sulfonamides is 1. The fourth-order valence-electron chi connectivity index (χ4n) is 2.82. The van der Waals surface area contributed by atoms with Crippen LogP contribution < -0.4 is 5.73 Å². The van der Waals surface area contributed by atoms with Crippen molar-refractivity contribution < 1.29 is 8.42 Å². The van der Waals surface area contributed by atoms with E-state index in [-0.39, 0.29) is 5.03 Å². The van der Waals surface area contributed by atoms with Gasteiger partial charge in [0.15, 0.2) is 5.03 Å². The second-order valence-corrected chi connectivity index (χ2v) is 7.17. The normalized spacial score (nSPS) is 20.4. The molecule has 1 aliphatic carbocycles. The van der Waals surface area contributed by atoms with Crippen LogP contribution in [-0.4, -0.2) is 42.1 Å². The highest BCUT2D eigenvalue weighted by atomic mass is 32.2. The quantitative estimate of drug-likeness (QED) is 0.810. The van der Waals surface area contributed by atoms with Gasteiger partial charge in [0, 0.05) is 19.1 Å². The van der Waals surface area contributed by atoms with E-state index in [0.29, 0.717) is 6.54 Å². The molecule has 0 aromatic carbocycles. The summed E-state index contributed by atoms with van der Waals surface area (Å²) in [6, 6.07) is 1.48. The van der Waals surface area contributed by atoms with Crippen molar-refractivity contribution in [1.82, 2.24) is 14.5 Å². The summed E-state index contributed by atoms with van der Waals surface area (Å²) in [6.07, 6.45) is 7.46. The molecule has 0 bridgehead atoms.